The van der Waals surface area contributed by atoms with Gasteiger partial charge in [-0.1, -0.05) is 12.1 Å². The molecule has 2 atom stereocenters. The Kier molecular flexibility index (Phi) is 3.76. The van der Waals surface area contributed by atoms with Crippen molar-refractivity contribution in [1.29, 1.82) is 0 Å². The minimum Gasteiger partial charge on any atom is -0.461 e. The predicted octanol–water partition coefficient (Wildman–Crippen LogP) is -0.578. The lowest BCUT2D eigenvalue weighted by Crippen LogP contribution is -2.45. The Morgan fingerprint density at radius 2 is 1.75 bits per heavy atom. The second-order valence-electron chi connectivity index (χ2n) is 5.35. The van der Waals surface area contributed by atoms with Gasteiger partial charge in [-0.05, 0) is 19.1 Å². The minimum absolute atomic E-state index is 0.226. The van der Waals surface area contributed by atoms with Crippen molar-refractivity contribution >= 4 is 29.7 Å². The molecule has 3 rings (SSSR count). The number of hydrogen-bond acceptors (Lipinski definition) is 6. The van der Waals surface area contributed by atoms with Crippen LogP contribution in [0, 0.1) is 0 Å². The van der Waals surface area contributed by atoms with Crippen molar-refractivity contribution in [2.75, 3.05) is 6.61 Å². The lowest BCUT2D eigenvalue weighted by atomic mass is 10.1. The van der Waals surface area contributed by atoms with Crippen LogP contribution < -0.4 is 10.6 Å². The predicted molar refractivity (Wildman–Crippen MR) is 77.8 cm³/mol. The number of benzene rings is 1. The normalized spacial score (nSPS) is 20.5. The van der Waals surface area contributed by atoms with Gasteiger partial charge in [-0.15, -0.1) is 0 Å². The van der Waals surface area contributed by atoms with Crippen LogP contribution in [0.25, 0.3) is 0 Å². The molecule has 5 amide bonds. The number of carbonyl (C=O) groups excluding carboxylic acids is 5. The zero-order valence-corrected chi connectivity index (χ0v) is 12.6. The molecule has 2 heterocycles. The van der Waals surface area contributed by atoms with Crippen LogP contribution in [0.2, 0.25) is 0 Å². The minimum atomic E-state index is -1.16. The van der Waals surface area contributed by atoms with Crippen molar-refractivity contribution in [2.24, 2.45) is 0 Å². The van der Waals surface area contributed by atoms with Crippen LogP contribution in [-0.4, -0.2) is 53.3 Å². The van der Waals surface area contributed by atoms with Crippen LogP contribution in [0.1, 0.15) is 27.6 Å². The SMILES string of the molecule is CC(C(=O)OCC1NC(=O)NC1=O)N1C(=O)c2ccccc2C1=O. The van der Waals surface area contributed by atoms with E-state index in [0.717, 1.165) is 4.90 Å². The molecule has 0 aromatic heterocycles. The zero-order chi connectivity index (χ0) is 17.4. The summed E-state index contributed by atoms with van der Waals surface area (Å²) in [5.74, 6) is -2.61. The number of ether oxygens (including phenoxy) is 1. The largest absolute Gasteiger partial charge is 0.461 e. The Labute approximate surface area is 135 Å². The first-order valence-corrected chi connectivity index (χ1v) is 7.15. The van der Waals surface area contributed by atoms with Gasteiger partial charge in [-0.2, -0.15) is 0 Å². The maximum Gasteiger partial charge on any atom is 0.329 e. The first-order chi connectivity index (χ1) is 11.4. The molecule has 1 aromatic carbocycles. The van der Waals surface area contributed by atoms with Crippen LogP contribution >= 0.6 is 0 Å². The number of imide groups is 2. The highest BCUT2D eigenvalue weighted by Gasteiger charge is 2.41. The average Bonchev–Trinajstić information content (AvgIpc) is 3.01. The molecule has 24 heavy (non-hydrogen) atoms. The van der Waals surface area contributed by atoms with Crippen LogP contribution in [0.5, 0.6) is 0 Å². The number of amides is 5. The maximum absolute atomic E-state index is 12.3. The second-order valence-corrected chi connectivity index (χ2v) is 5.35. The molecule has 0 aliphatic carbocycles. The fourth-order valence-electron chi connectivity index (χ4n) is 2.53. The van der Waals surface area contributed by atoms with Gasteiger partial charge in [0.05, 0.1) is 11.1 Å². The first kappa shape index (κ1) is 15.7. The van der Waals surface area contributed by atoms with Gasteiger partial charge in [0, 0.05) is 0 Å². The van der Waals surface area contributed by atoms with Gasteiger partial charge < -0.3 is 10.1 Å². The lowest BCUT2D eigenvalue weighted by Gasteiger charge is -2.21. The number of carbonyl (C=O) groups is 5. The molecule has 0 bridgehead atoms. The van der Waals surface area contributed by atoms with E-state index in [-0.39, 0.29) is 17.7 Å². The molecule has 0 spiro atoms. The molecule has 2 N–H and O–H groups in total. The lowest BCUT2D eigenvalue weighted by molar-refractivity contribution is -0.148. The smallest absolute Gasteiger partial charge is 0.329 e. The Balaban J connectivity index is 1.66. The number of esters is 1. The van der Waals surface area contributed by atoms with Crippen LogP contribution in [0.3, 0.4) is 0 Å². The van der Waals surface area contributed by atoms with Crippen molar-refractivity contribution in [3.05, 3.63) is 35.4 Å². The number of fused-ring (bicyclic) bond motifs is 1. The molecule has 9 heteroatoms. The quantitative estimate of drug-likeness (QED) is 0.432. The van der Waals surface area contributed by atoms with Gasteiger partial charge >= 0.3 is 12.0 Å². The van der Waals surface area contributed by atoms with E-state index >= 15 is 0 Å². The Bertz CT molecular complexity index is 739. The molecule has 1 aromatic rings. The van der Waals surface area contributed by atoms with E-state index in [1.165, 1.54) is 19.1 Å². The van der Waals surface area contributed by atoms with Crippen molar-refractivity contribution < 1.29 is 28.7 Å². The van der Waals surface area contributed by atoms with E-state index in [0.29, 0.717) is 0 Å². The van der Waals surface area contributed by atoms with E-state index < -0.39 is 41.8 Å². The van der Waals surface area contributed by atoms with Crippen molar-refractivity contribution in [2.45, 2.75) is 19.0 Å². The first-order valence-electron chi connectivity index (χ1n) is 7.15. The molecule has 0 radical (unpaired) electrons. The molecule has 1 fully saturated rings. The van der Waals surface area contributed by atoms with E-state index in [1.54, 1.807) is 12.1 Å². The molecule has 9 nitrogen and oxygen atoms in total. The number of urea groups is 1. The summed E-state index contributed by atoms with van der Waals surface area (Å²) in [4.78, 5) is 59.8. The second kappa shape index (κ2) is 5.76. The third kappa shape index (κ3) is 2.49. The zero-order valence-electron chi connectivity index (χ0n) is 12.6. The van der Waals surface area contributed by atoms with Gasteiger partial charge in [-0.25, -0.2) is 9.59 Å². The summed E-state index contributed by atoms with van der Waals surface area (Å²) >= 11 is 0. The van der Waals surface area contributed by atoms with Gasteiger partial charge in [0.2, 0.25) is 0 Å². The summed E-state index contributed by atoms with van der Waals surface area (Å²) in [5.41, 5.74) is 0.453. The molecule has 2 aliphatic rings. The van der Waals surface area contributed by atoms with Crippen molar-refractivity contribution in [1.82, 2.24) is 15.5 Å². The third-order valence-corrected chi connectivity index (χ3v) is 3.80. The monoisotopic (exact) mass is 331 g/mol. The molecule has 124 valence electrons. The highest BCUT2D eigenvalue weighted by atomic mass is 16.5. The number of nitrogens with zero attached hydrogens (tertiary/aromatic N) is 1. The molecular weight excluding hydrogens is 318 g/mol. The highest BCUT2D eigenvalue weighted by molar-refractivity contribution is 6.22. The van der Waals surface area contributed by atoms with Crippen molar-refractivity contribution in [3.8, 4) is 0 Å². The maximum atomic E-state index is 12.3. The highest BCUT2D eigenvalue weighted by Crippen LogP contribution is 2.24. The third-order valence-electron chi connectivity index (χ3n) is 3.80. The standard InChI is InChI=1S/C15H13N3O6/c1-7(14(22)24-6-10-11(19)17-15(23)16-10)18-12(20)8-4-2-3-5-9(8)13(18)21/h2-5,7,10H,6H2,1H3,(H2,16,17,19,23). The van der Waals surface area contributed by atoms with E-state index in [9.17, 15) is 24.0 Å². The number of hydrogen-bond donors (Lipinski definition) is 2. The van der Waals surface area contributed by atoms with Gasteiger partial charge in [0.1, 0.15) is 18.7 Å². The van der Waals surface area contributed by atoms with E-state index in [1.807, 2.05) is 5.32 Å². The topological polar surface area (TPSA) is 122 Å². The Morgan fingerprint density at radius 3 is 2.25 bits per heavy atom. The molecule has 2 unspecified atom stereocenters. The van der Waals surface area contributed by atoms with Crippen molar-refractivity contribution in [3.63, 3.8) is 0 Å². The van der Waals surface area contributed by atoms with Gasteiger partial charge in [0.25, 0.3) is 17.7 Å². The summed E-state index contributed by atoms with van der Waals surface area (Å²) in [6, 6.07) is 3.44. The van der Waals surface area contributed by atoms with Gasteiger partial charge in [0.15, 0.2) is 0 Å². The molecule has 1 saturated heterocycles. The Hall–Kier alpha value is -3.23. The van der Waals surface area contributed by atoms with E-state index in [4.69, 9.17) is 4.74 Å². The summed E-state index contributed by atoms with van der Waals surface area (Å²) in [6.45, 7) is 0.973. The average molecular weight is 331 g/mol. The Morgan fingerprint density at radius 1 is 1.17 bits per heavy atom. The fraction of sp³-hybridized carbons (Fsp3) is 0.267. The van der Waals surface area contributed by atoms with Gasteiger partial charge in [-0.3, -0.25) is 24.6 Å². The summed E-state index contributed by atoms with van der Waals surface area (Å²) < 4.78 is 4.95. The number of nitrogens with one attached hydrogen (secondary N) is 2. The summed E-state index contributed by atoms with van der Waals surface area (Å²) in [7, 11) is 0. The van der Waals surface area contributed by atoms with Crippen LogP contribution in [-0.2, 0) is 14.3 Å². The number of rotatable bonds is 4. The summed E-state index contributed by atoms with van der Waals surface area (Å²) in [5, 5.41) is 4.28. The van der Waals surface area contributed by atoms with E-state index in [2.05, 4.69) is 5.32 Å². The molecular formula is C15H13N3O6. The van der Waals surface area contributed by atoms with Crippen LogP contribution in [0.15, 0.2) is 24.3 Å². The van der Waals surface area contributed by atoms with Crippen LogP contribution in [0.4, 0.5) is 4.79 Å². The fourth-order valence-corrected chi connectivity index (χ4v) is 2.53. The molecule has 0 saturated carbocycles. The molecule has 2 aliphatic heterocycles. The summed E-state index contributed by atoms with van der Waals surface area (Å²) in [6.07, 6.45) is 0.